The first-order valence-corrected chi connectivity index (χ1v) is 8.05. The van der Waals surface area contributed by atoms with Crippen molar-refractivity contribution in [3.63, 3.8) is 0 Å². The number of unbranched alkanes of at least 4 members (excludes halogenated alkanes) is 1. The molecule has 3 N–H and O–H groups in total. The molecule has 2 aromatic carbocycles. The molecule has 0 aliphatic carbocycles. The van der Waals surface area contributed by atoms with Crippen molar-refractivity contribution in [2.45, 2.75) is 19.8 Å². The Bertz CT molecular complexity index is 688. The summed E-state index contributed by atoms with van der Waals surface area (Å²) in [5, 5.41) is 3.39. The number of hydrogen-bond donors (Lipinski definition) is 2. The second-order valence-corrected chi connectivity index (χ2v) is 5.85. The standard InChI is InChI=1S/C17H18Cl2N2O2/c1-2-3-8-23-12-6-4-11(5-7-12)17(22)21-16-10-13(18)15(20)9-14(16)19/h4-7,9-10H,2-3,8,20H2,1H3,(H,21,22). The van der Waals surface area contributed by atoms with Gasteiger partial charge in [-0.15, -0.1) is 0 Å². The highest BCUT2D eigenvalue weighted by atomic mass is 35.5. The summed E-state index contributed by atoms with van der Waals surface area (Å²) in [6.45, 7) is 2.77. The zero-order valence-corrected chi connectivity index (χ0v) is 14.2. The Balaban J connectivity index is 2.05. The number of carbonyl (C=O) groups excluding carboxylic acids is 1. The summed E-state index contributed by atoms with van der Waals surface area (Å²) < 4.78 is 5.56. The summed E-state index contributed by atoms with van der Waals surface area (Å²) in [6, 6.07) is 9.96. The number of halogens is 2. The van der Waals surface area contributed by atoms with E-state index in [-0.39, 0.29) is 5.91 Å². The lowest BCUT2D eigenvalue weighted by Crippen LogP contribution is -2.12. The first kappa shape index (κ1) is 17.4. The molecule has 0 aliphatic rings. The van der Waals surface area contributed by atoms with Crippen molar-refractivity contribution in [2.24, 2.45) is 0 Å². The van der Waals surface area contributed by atoms with Gasteiger partial charge in [0, 0.05) is 5.56 Å². The predicted molar refractivity (Wildman–Crippen MR) is 95.7 cm³/mol. The number of nitrogen functional groups attached to an aromatic ring is 1. The molecule has 1 amide bonds. The third kappa shape index (κ3) is 4.78. The SMILES string of the molecule is CCCCOc1ccc(C(=O)Nc2cc(Cl)c(N)cc2Cl)cc1. The first-order valence-electron chi connectivity index (χ1n) is 7.30. The Morgan fingerprint density at radius 1 is 1.17 bits per heavy atom. The Hall–Kier alpha value is -1.91. The molecule has 0 bridgehead atoms. The number of benzene rings is 2. The second kappa shape index (κ2) is 8.09. The number of ether oxygens (including phenoxy) is 1. The van der Waals surface area contributed by atoms with Crippen molar-refractivity contribution in [3.05, 3.63) is 52.0 Å². The molecule has 0 fully saturated rings. The van der Waals surface area contributed by atoms with Crippen molar-refractivity contribution in [2.75, 3.05) is 17.7 Å². The summed E-state index contributed by atoms with van der Waals surface area (Å²) >= 11 is 12.0. The summed E-state index contributed by atoms with van der Waals surface area (Å²) in [6.07, 6.45) is 2.07. The fraction of sp³-hybridized carbons (Fsp3) is 0.235. The Morgan fingerprint density at radius 3 is 2.52 bits per heavy atom. The minimum atomic E-state index is -0.284. The summed E-state index contributed by atoms with van der Waals surface area (Å²) in [5.74, 6) is 0.455. The van der Waals surface area contributed by atoms with Crippen LogP contribution in [0.25, 0.3) is 0 Å². The molecule has 6 heteroatoms. The van der Waals surface area contributed by atoms with Gasteiger partial charge in [-0.25, -0.2) is 0 Å². The van der Waals surface area contributed by atoms with E-state index in [1.54, 1.807) is 24.3 Å². The van der Waals surface area contributed by atoms with Gasteiger partial charge < -0.3 is 15.8 Å². The molecule has 0 heterocycles. The first-order chi connectivity index (χ1) is 11.0. The molecule has 23 heavy (non-hydrogen) atoms. The highest BCUT2D eigenvalue weighted by Crippen LogP contribution is 2.31. The van der Waals surface area contributed by atoms with E-state index in [1.165, 1.54) is 12.1 Å². The van der Waals surface area contributed by atoms with Crippen molar-refractivity contribution in [3.8, 4) is 5.75 Å². The van der Waals surface area contributed by atoms with E-state index in [0.29, 0.717) is 33.6 Å². The van der Waals surface area contributed by atoms with Gasteiger partial charge in [0.15, 0.2) is 0 Å². The van der Waals surface area contributed by atoms with Gasteiger partial charge >= 0.3 is 0 Å². The molecule has 0 radical (unpaired) electrons. The maximum atomic E-state index is 12.2. The summed E-state index contributed by atoms with van der Waals surface area (Å²) in [7, 11) is 0. The topological polar surface area (TPSA) is 64.3 Å². The fourth-order valence-corrected chi connectivity index (χ4v) is 2.27. The molecule has 2 rings (SSSR count). The van der Waals surface area contributed by atoms with Crippen LogP contribution in [0.4, 0.5) is 11.4 Å². The molecular weight excluding hydrogens is 335 g/mol. The van der Waals surface area contributed by atoms with Gasteiger partial charge in [0.25, 0.3) is 5.91 Å². The van der Waals surface area contributed by atoms with Crippen molar-refractivity contribution in [1.82, 2.24) is 0 Å². The van der Waals surface area contributed by atoms with Crippen LogP contribution >= 0.6 is 23.2 Å². The normalized spacial score (nSPS) is 10.4. The number of carbonyl (C=O) groups is 1. The van der Waals surface area contributed by atoms with Crippen LogP contribution in [0.15, 0.2) is 36.4 Å². The number of rotatable bonds is 6. The van der Waals surface area contributed by atoms with Crippen LogP contribution in [0, 0.1) is 0 Å². The van der Waals surface area contributed by atoms with E-state index >= 15 is 0 Å². The number of nitrogens with one attached hydrogen (secondary N) is 1. The molecular formula is C17H18Cl2N2O2. The molecule has 4 nitrogen and oxygen atoms in total. The average molecular weight is 353 g/mol. The van der Waals surface area contributed by atoms with Gasteiger partial charge in [0.1, 0.15) is 5.75 Å². The van der Waals surface area contributed by atoms with E-state index in [2.05, 4.69) is 12.2 Å². The number of amides is 1. The quantitative estimate of drug-likeness (QED) is 0.567. The highest BCUT2D eigenvalue weighted by Gasteiger charge is 2.11. The third-order valence-electron chi connectivity index (χ3n) is 3.22. The molecule has 0 saturated heterocycles. The van der Waals surface area contributed by atoms with Gasteiger partial charge in [-0.2, -0.15) is 0 Å². The molecule has 0 atom stereocenters. The molecule has 0 aromatic heterocycles. The van der Waals surface area contributed by atoms with Crippen LogP contribution in [0.5, 0.6) is 5.75 Å². The molecule has 0 aliphatic heterocycles. The number of nitrogens with two attached hydrogens (primary N) is 1. The Kier molecular flexibility index (Phi) is 6.13. The number of hydrogen-bond acceptors (Lipinski definition) is 3. The predicted octanol–water partition coefficient (Wildman–Crippen LogP) is 5.01. The second-order valence-electron chi connectivity index (χ2n) is 5.03. The summed E-state index contributed by atoms with van der Waals surface area (Å²) in [4.78, 5) is 12.2. The van der Waals surface area contributed by atoms with Gasteiger partial charge in [0.05, 0.1) is 28.0 Å². The Labute approximate surface area is 145 Å². The maximum absolute atomic E-state index is 12.2. The lowest BCUT2D eigenvalue weighted by molar-refractivity contribution is 0.102. The van der Waals surface area contributed by atoms with Crippen molar-refractivity contribution >= 4 is 40.5 Å². The maximum Gasteiger partial charge on any atom is 0.255 e. The summed E-state index contributed by atoms with van der Waals surface area (Å²) in [5.41, 5.74) is 6.93. The van der Waals surface area contributed by atoms with Gasteiger partial charge in [-0.05, 0) is 42.8 Å². The van der Waals surface area contributed by atoms with Crippen LogP contribution in [-0.2, 0) is 0 Å². The molecule has 0 spiro atoms. The van der Waals surface area contributed by atoms with Crippen LogP contribution in [-0.4, -0.2) is 12.5 Å². The monoisotopic (exact) mass is 352 g/mol. The minimum absolute atomic E-state index is 0.284. The van der Waals surface area contributed by atoms with Gasteiger partial charge in [0.2, 0.25) is 0 Å². The van der Waals surface area contributed by atoms with E-state index in [4.69, 9.17) is 33.7 Å². The zero-order valence-electron chi connectivity index (χ0n) is 12.7. The third-order valence-corrected chi connectivity index (χ3v) is 3.86. The van der Waals surface area contributed by atoms with Crippen LogP contribution in [0.1, 0.15) is 30.1 Å². The number of anilines is 2. The fourth-order valence-electron chi connectivity index (χ4n) is 1.89. The van der Waals surface area contributed by atoms with Gasteiger partial charge in [-0.3, -0.25) is 4.79 Å². The molecule has 0 saturated carbocycles. The minimum Gasteiger partial charge on any atom is -0.494 e. The molecule has 0 unspecified atom stereocenters. The van der Waals surface area contributed by atoms with E-state index in [9.17, 15) is 4.79 Å². The van der Waals surface area contributed by atoms with E-state index < -0.39 is 0 Å². The molecule has 2 aromatic rings. The lowest BCUT2D eigenvalue weighted by Gasteiger charge is -2.10. The average Bonchev–Trinajstić information content (AvgIpc) is 2.53. The zero-order chi connectivity index (χ0) is 16.8. The molecule has 122 valence electrons. The van der Waals surface area contributed by atoms with Crippen LogP contribution in [0.3, 0.4) is 0 Å². The van der Waals surface area contributed by atoms with Gasteiger partial charge in [-0.1, -0.05) is 36.5 Å². The lowest BCUT2D eigenvalue weighted by atomic mass is 10.2. The van der Waals surface area contributed by atoms with Crippen LogP contribution in [0.2, 0.25) is 10.0 Å². The van der Waals surface area contributed by atoms with Crippen LogP contribution < -0.4 is 15.8 Å². The highest BCUT2D eigenvalue weighted by molar-refractivity contribution is 6.37. The van der Waals surface area contributed by atoms with E-state index in [0.717, 1.165) is 18.6 Å². The Morgan fingerprint density at radius 2 is 1.87 bits per heavy atom. The smallest absolute Gasteiger partial charge is 0.255 e. The largest absolute Gasteiger partial charge is 0.494 e. The van der Waals surface area contributed by atoms with E-state index in [1.807, 2.05) is 0 Å². The van der Waals surface area contributed by atoms with Crippen molar-refractivity contribution < 1.29 is 9.53 Å². The van der Waals surface area contributed by atoms with Crippen molar-refractivity contribution in [1.29, 1.82) is 0 Å².